The molecule has 8 nitrogen and oxygen atoms in total. The molecule has 2 N–H and O–H groups in total. The maximum atomic E-state index is 10.7. The smallest absolute Gasteiger partial charge is 0.550 e. The van der Waals surface area contributed by atoms with Crippen molar-refractivity contribution in [3.05, 3.63) is 57.6 Å². The van der Waals surface area contributed by atoms with Gasteiger partial charge < -0.3 is 30.0 Å². The molecule has 0 bridgehead atoms. The Kier molecular flexibility index (Phi) is 21.6. The van der Waals surface area contributed by atoms with Gasteiger partial charge in [-0.25, -0.2) is 0 Å². The Hall–Kier alpha value is -3.17. The molecule has 0 spiro atoms. The number of benzene rings is 2. The van der Waals surface area contributed by atoms with E-state index in [2.05, 4.69) is 65.8 Å². The fourth-order valence-corrected chi connectivity index (χ4v) is 5.24. The van der Waals surface area contributed by atoms with Gasteiger partial charge in [0, 0.05) is 35.5 Å². The van der Waals surface area contributed by atoms with E-state index in [1.165, 1.54) is 11.1 Å². The maximum absolute atomic E-state index is 10.7. The number of aryl methyl sites for hydroxylation is 4. The van der Waals surface area contributed by atoms with Crippen LogP contribution in [0.15, 0.2) is 34.3 Å². The summed E-state index contributed by atoms with van der Waals surface area (Å²) in [4.78, 5) is 27.5. The van der Waals surface area contributed by atoms with Crippen LogP contribution in [0.4, 0.5) is 0 Å². The molecule has 263 valence electrons. The molecule has 0 saturated heterocycles. The van der Waals surface area contributed by atoms with Gasteiger partial charge in [-0.15, -0.1) is 0 Å². The van der Waals surface area contributed by atoms with Crippen molar-refractivity contribution in [2.45, 2.75) is 132 Å². The molecule has 1 fully saturated rings. The second-order valence-corrected chi connectivity index (χ2v) is 13.0. The molecule has 0 atom stereocenters. The molecule has 1 radical (unpaired) electrons. The second kappa shape index (κ2) is 23.2. The molecule has 2 aromatic rings. The Balaban J connectivity index is 0.00000211. The summed E-state index contributed by atoms with van der Waals surface area (Å²) in [7, 11) is 0. The minimum atomic E-state index is -1.08. The van der Waals surface area contributed by atoms with Gasteiger partial charge in [0.1, 0.15) is 11.5 Å². The number of hydrogen-bond donors (Lipinski definition) is 2. The molecule has 0 aromatic heterocycles. The minimum Gasteiger partial charge on any atom is -0.550 e. The summed E-state index contributed by atoms with van der Waals surface area (Å²) in [5.41, 5.74) is 6.29. The first-order valence-electron chi connectivity index (χ1n) is 16.8. The van der Waals surface area contributed by atoms with E-state index in [4.69, 9.17) is 29.8 Å². The van der Waals surface area contributed by atoms with E-state index >= 15 is 0 Å². The van der Waals surface area contributed by atoms with Crippen molar-refractivity contribution in [3.63, 3.8) is 0 Å². The predicted molar refractivity (Wildman–Crippen MR) is 184 cm³/mol. The number of aliphatic carboxylic acids is 2. The topological polar surface area (TPSA) is 145 Å². The number of carbonyl (C=O) groups is 2. The fraction of sp³-hybridized carbons (Fsp3) is 0.579. The van der Waals surface area contributed by atoms with Crippen LogP contribution < -0.4 is 10.2 Å². The molecule has 1 saturated carbocycles. The standard InChI is InChI=1S/C34H50N2O2.2C2H4O2.Co/c1-7-27-17-25(11-9-23(3)4)19-29(33(27)37)21-35-31-13-15-32(16-14-31)36-22-30-20-26(12-10-24(5)6)18-28(8-2)34(30)38;2*1-2(3)4;/h17-24,31-32,37-38H,7-16H2,1-6H3;2*1H3,(H,3,4);/q;;;+2/p-2. The molecule has 2 aromatic carbocycles. The molecular weight excluding hydrogens is 639 g/mol. The molecule has 0 unspecified atom stereocenters. The summed E-state index contributed by atoms with van der Waals surface area (Å²) in [6.45, 7) is 15.1. The Morgan fingerprint density at radius 3 is 1.28 bits per heavy atom. The molecule has 0 amide bonds. The summed E-state index contributed by atoms with van der Waals surface area (Å²) in [5.74, 6) is -0.0833. The van der Waals surface area contributed by atoms with Gasteiger partial charge in [0.15, 0.2) is 0 Å². The van der Waals surface area contributed by atoms with Gasteiger partial charge in [0.05, 0.1) is 12.1 Å². The molecular formula is C38H56CoN2O6. The summed E-state index contributed by atoms with van der Waals surface area (Å²) < 4.78 is 0. The van der Waals surface area contributed by atoms with Crippen molar-refractivity contribution in [3.8, 4) is 11.5 Å². The van der Waals surface area contributed by atoms with Crippen molar-refractivity contribution in [2.24, 2.45) is 21.8 Å². The first-order valence-corrected chi connectivity index (χ1v) is 16.8. The number of rotatable bonds is 12. The molecule has 9 heteroatoms. The Labute approximate surface area is 293 Å². The average molecular weight is 696 g/mol. The zero-order valence-electron chi connectivity index (χ0n) is 29.6. The Bertz CT molecular complexity index is 1190. The summed E-state index contributed by atoms with van der Waals surface area (Å²) >= 11 is 0. The van der Waals surface area contributed by atoms with Gasteiger partial charge in [-0.3, -0.25) is 9.98 Å². The second-order valence-electron chi connectivity index (χ2n) is 13.0. The van der Waals surface area contributed by atoms with Gasteiger partial charge in [0.25, 0.3) is 0 Å². The van der Waals surface area contributed by atoms with Crippen LogP contribution in [0, 0.1) is 11.8 Å². The van der Waals surface area contributed by atoms with Crippen molar-refractivity contribution >= 4 is 24.4 Å². The van der Waals surface area contributed by atoms with Crippen molar-refractivity contribution in [2.75, 3.05) is 0 Å². The van der Waals surface area contributed by atoms with Crippen LogP contribution in [0.5, 0.6) is 11.5 Å². The number of aromatic hydroxyl groups is 2. The number of carbonyl (C=O) groups excluding carboxylic acids is 2. The number of carboxylic acids is 2. The normalized spacial score (nSPS) is 16.0. The zero-order chi connectivity index (χ0) is 34.8. The number of carboxylic acid groups (broad SMARTS) is 2. The number of nitrogens with zero attached hydrogens (tertiary/aromatic N) is 2. The van der Waals surface area contributed by atoms with Gasteiger partial charge in [0.2, 0.25) is 0 Å². The van der Waals surface area contributed by atoms with E-state index in [-0.39, 0.29) is 28.9 Å². The fourth-order valence-electron chi connectivity index (χ4n) is 5.24. The number of phenols is 2. The molecule has 1 aliphatic rings. The first-order chi connectivity index (χ1) is 21.7. The van der Waals surface area contributed by atoms with Gasteiger partial charge in [-0.2, -0.15) is 0 Å². The van der Waals surface area contributed by atoms with Crippen LogP contribution in [-0.4, -0.2) is 46.7 Å². The van der Waals surface area contributed by atoms with Crippen LogP contribution in [-0.2, 0) is 52.1 Å². The number of hydrogen-bond acceptors (Lipinski definition) is 8. The summed E-state index contributed by atoms with van der Waals surface area (Å²) in [6, 6.07) is 9.07. The molecule has 1 aliphatic carbocycles. The minimum absolute atomic E-state index is 0. The molecule has 3 rings (SSSR count). The summed E-state index contributed by atoms with van der Waals surface area (Å²) in [5, 5.41) is 39.3. The van der Waals surface area contributed by atoms with Crippen LogP contribution in [0.25, 0.3) is 0 Å². The number of phenolic OH excluding ortho intramolecular Hbond substituents is 2. The molecule has 0 aliphatic heterocycles. The third-order valence-corrected chi connectivity index (χ3v) is 7.85. The third kappa shape index (κ3) is 18.1. The predicted octanol–water partition coefficient (Wildman–Crippen LogP) is 5.76. The molecule has 0 heterocycles. The Morgan fingerprint density at radius 2 is 1.02 bits per heavy atom. The average Bonchev–Trinajstić information content (AvgIpc) is 2.98. The van der Waals surface area contributed by atoms with E-state index in [1.54, 1.807) is 0 Å². The van der Waals surface area contributed by atoms with Gasteiger partial charge >= 0.3 is 16.8 Å². The van der Waals surface area contributed by atoms with Crippen molar-refractivity contribution < 1.29 is 46.8 Å². The first kappa shape index (κ1) is 43.8. The Morgan fingerprint density at radius 1 is 0.723 bits per heavy atom. The van der Waals surface area contributed by atoms with Crippen LogP contribution >= 0.6 is 0 Å². The third-order valence-electron chi connectivity index (χ3n) is 7.85. The van der Waals surface area contributed by atoms with E-state index in [0.29, 0.717) is 23.3 Å². The van der Waals surface area contributed by atoms with Crippen LogP contribution in [0.3, 0.4) is 0 Å². The van der Waals surface area contributed by atoms with Crippen molar-refractivity contribution in [1.82, 2.24) is 0 Å². The molecule has 47 heavy (non-hydrogen) atoms. The van der Waals surface area contributed by atoms with E-state index < -0.39 is 11.9 Å². The quantitative estimate of drug-likeness (QED) is 0.270. The van der Waals surface area contributed by atoms with Crippen LogP contribution in [0.2, 0.25) is 0 Å². The van der Waals surface area contributed by atoms with E-state index in [9.17, 15) is 10.2 Å². The van der Waals surface area contributed by atoms with E-state index in [1.807, 2.05) is 12.4 Å². The van der Waals surface area contributed by atoms with E-state index in [0.717, 1.165) is 100 Å². The maximum Gasteiger partial charge on any atom is 2.00 e. The van der Waals surface area contributed by atoms with Crippen LogP contribution in [0.1, 0.15) is 127 Å². The number of aliphatic imine (C=N–C) groups is 2. The SMILES string of the molecule is CC(=O)[O-].CC(=O)[O-].CCc1cc(CCC(C)C)cc(C=NC2CCC(N=Cc3cc(CCC(C)C)cc(CC)c3O)CC2)c1O.[Co+2]. The monoisotopic (exact) mass is 695 g/mol. The summed E-state index contributed by atoms with van der Waals surface area (Å²) in [6.07, 6.45) is 13.8. The van der Waals surface area contributed by atoms with Gasteiger partial charge in [-0.1, -0.05) is 53.7 Å². The van der Waals surface area contributed by atoms with Gasteiger partial charge in [-0.05, 0) is 124 Å². The zero-order valence-corrected chi connectivity index (χ0v) is 30.6. The largest absolute Gasteiger partial charge is 2.00 e. The van der Waals surface area contributed by atoms with Crippen molar-refractivity contribution in [1.29, 1.82) is 0 Å².